The normalized spacial score (nSPS) is 12.0. The van der Waals surface area contributed by atoms with Crippen LogP contribution < -0.4 is 16.4 Å². The molecular formula is C21H27N3O2. The van der Waals surface area contributed by atoms with Crippen LogP contribution in [0.25, 0.3) is 0 Å². The largest absolute Gasteiger partial charge is 0.366 e. The van der Waals surface area contributed by atoms with Crippen molar-refractivity contribution in [1.82, 2.24) is 5.32 Å². The highest BCUT2D eigenvalue weighted by molar-refractivity contribution is 6.03. The van der Waals surface area contributed by atoms with Crippen molar-refractivity contribution < 1.29 is 9.59 Å². The number of primary amides is 1. The van der Waals surface area contributed by atoms with Gasteiger partial charge in [0, 0.05) is 6.04 Å². The molecule has 0 spiro atoms. The Hall–Kier alpha value is -2.66. The topological polar surface area (TPSA) is 84.2 Å². The van der Waals surface area contributed by atoms with Gasteiger partial charge < -0.3 is 16.4 Å². The summed E-state index contributed by atoms with van der Waals surface area (Å²) in [7, 11) is 0. The Labute approximate surface area is 155 Å². The average molecular weight is 353 g/mol. The number of benzene rings is 2. The predicted octanol–water partition coefficient (Wildman–Crippen LogP) is 3.27. The molecule has 0 aliphatic rings. The summed E-state index contributed by atoms with van der Waals surface area (Å²) in [6.07, 6.45) is 1.00. The van der Waals surface area contributed by atoms with Gasteiger partial charge in [-0.1, -0.05) is 57.2 Å². The van der Waals surface area contributed by atoms with Gasteiger partial charge in [0.15, 0.2) is 0 Å². The number of nitrogens with one attached hydrogen (secondary N) is 2. The molecule has 26 heavy (non-hydrogen) atoms. The van der Waals surface area contributed by atoms with E-state index in [1.165, 1.54) is 5.56 Å². The highest BCUT2D eigenvalue weighted by Gasteiger charge is 2.17. The molecule has 5 nitrogen and oxygen atoms in total. The lowest BCUT2D eigenvalue weighted by molar-refractivity contribution is -0.115. The lowest BCUT2D eigenvalue weighted by atomic mass is 9.95. The van der Waals surface area contributed by atoms with Crippen molar-refractivity contribution in [1.29, 1.82) is 0 Å². The number of hydrogen-bond acceptors (Lipinski definition) is 3. The minimum absolute atomic E-state index is 0.0676. The van der Waals surface area contributed by atoms with Gasteiger partial charge in [0.25, 0.3) is 5.91 Å². The van der Waals surface area contributed by atoms with Crippen molar-refractivity contribution in [3.8, 4) is 0 Å². The van der Waals surface area contributed by atoms with Gasteiger partial charge >= 0.3 is 0 Å². The molecule has 1 unspecified atom stereocenters. The predicted molar refractivity (Wildman–Crippen MR) is 105 cm³/mol. The van der Waals surface area contributed by atoms with Gasteiger partial charge in [-0.05, 0) is 35.6 Å². The Bertz CT molecular complexity index is 754. The third-order valence-electron chi connectivity index (χ3n) is 4.36. The maximum Gasteiger partial charge on any atom is 0.250 e. The molecule has 138 valence electrons. The van der Waals surface area contributed by atoms with Gasteiger partial charge in [0.2, 0.25) is 5.91 Å². The molecule has 1 atom stereocenters. The molecule has 0 aromatic heterocycles. The van der Waals surface area contributed by atoms with Crippen LogP contribution in [0, 0.1) is 5.92 Å². The molecule has 2 amide bonds. The Balaban J connectivity index is 2.02. The van der Waals surface area contributed by atoms with Crippen molar-refractivity contribution in [3.05, 3.63) is 65.2 Å². The second-order valence-corrected chi connectivity index (χ2v) is 6.66. The summed E-state index contributed by atoms with van der Waals surface area (Å²) in [6.45, 7) is 6.50. The first kappa shape index (κ1) is 19.7. The zero-order valence-electron chi connectivity index (χ0n) is 15.6. The quantitative estimate of drug-likeness (QED) is 0.681. The molecule has 0 bridgehead atoms. The molecule has 0 aliphatic carbocycles. The fraction of sp³-hybridized carbons (Fsp3) is 0.333. The summed E-state index contributed by atoms with van der Waals surface area (Å²) >= 11 is 0. The molecule has 0 saturated heterocycles. The van der Waals surface area contributed by atoms with Gasteiger partial charge in [0.05, 0.1) is 17.8 Å². The minimum Gasteiger partial charge on any atom is -0.366 e. The Kier molecular flexibility index (Phi) is 6.92. The van der Waals surface area contributed by atoms with E-state index in [0.717, 1.165) is 12.0 Å². The number of para-hydroxylation sites is 1. The number of carbonyl (C=O) groups is 2. The zero-order valence-corrected chi connectivity index (χ0v) is 15.6. The van der Waals surface area contributed by atoms with E-state index >= 15 is 0 Å². The summed E-state index contributed by atoms with van der Waals surface area (Å²) in [5.41, 5.74) is 8.52. The number of hydrogen-bond donors (Lipinski definition) is 3. The van der Waals surface area contributed by atoms with E-state index in [1.807, 2.05) is 0 Å². The van der Waals surface area contributed by atoms with Gasteiger partial charge in [-0.2, -0.15) is 0 Å². The summed E-state index contributed by atoms with van der Waals surface area (Å²) in [4.78, 5) is 23.8. The Morgan fingerprint density at radius 2 is 1.69 bits per heavy atom. The van der Waals surface area contributed by atoms with E-state index in [1.54, 1.807) is 24.3 Å². The lowest BCUT2D eigenvalue weighted by Gasteiger charge is -2.23. The van der Waals surface area contributed by atoms with Gasteiger partial charge in [0.1, 0.15) is 0 Å². The first-order valence-corrected chi connectivity index (χ1v) is 8.93. The summed E-state index contributed by atoms with van der Waals surface area (Å²) in [5, 5.41) is 6.07. The molecule has 5 heteroatoms. The molecule has 0 fully saturated rings. The van der Waals surface area contributed by atoms with E-state index < -0.39 is 5.91 Å². The molecule has 0 aliphatic heterocycles. The van der Waals surface area contributed by atoms with Crippen molar-refractivity contribution in [3.63, 3.8) is 0 Å². The SMILES string of the molecule is CCc1ccc(C(NCC(=O)Nc2ccccc2C(N)=O)C(C)C)cc1. The van der Waals surface area contributed by atoms with E-state index in [4.69, 9.17) is 5.73 Å². The van der Waals surface area contributed by atoms with Crippen LogP contribution in [-0.2, 0) is 11.2 Å². The highest BCUT2D eigenvalue weighted by Crippen LogP contribution is 2.22. The van der Waals surface area contributed by atoms with E-state index in [9.17, 15) is 9.59 Å². The third-order valence-corrected chi connectivity index (χ3v) is 4.36. The van der Waals surface area contributed by atoms with Crippen molar-refractivity contribution >= 4 is 17.5 Å². The van der Waals surface area contributed by atoms with Gasteiger partial charge in [-0.3, -0.25) is 9.59 Å². The molecule has 4 N–H and O–H groups in total. The van der Waals surface area contributed by atoms with Crippen LogP contribution in [0.4, 0.5) is 5.69 Å². The van der Waals surface area contributed by atoms with E-state index in [0.29, 0.717) is 17.2 Å². The number of nitrogens with two attached hydrogens (primary N) is 1. The number of amides is 2. The van der Waals surface area contributed by atoms with E-state index in [-0.39, 0.29) is 18.5 Å². The average Bonchev–Trinajstić information content (AvgIpc) is 2.62. The number of rotatable bonds is 8. The minimum atomic E-state index is -0.565. The maximum atomic E-state index is 12.3. The van der Waals surface area contributed by atoms with Crippen molar-refractivity contribution in [2.75, 3.05) is 11.9 Å². The first-order chi connectivity index (χ1) is 12.4. The van der Waals surface area contributed by atoms with Crippen LogP contribution in [-0.4, -0.2) is 18.4 Å². The summed E-state index contributed by atoms with van der Waals surface area (Å²) in [5.74, 6) is -0.451. The van der Waals surface area contributed by atoms with Crippen LogP contribution in [0.2, 0.25) is 0 Å². The van der Waals surface area contributed by atoms with Crippen molar-refractivity contribution in [2.24, 2.45) is 11.7 Å². The summed E-state index contributed by atoms with van der Waals surface area (Å²) in [6, 6.07) is 15.3. The molecule has 0 radical (unpaired) electrons. The number of aryl methyl sites for hydroxylation is 1. The highest BCUT2D eigenvalue weighted by atomic mass is 16.2. The van der Waals surface area contributed by atoms with Crippen LogP contribution in [0.3, 0.4) is 0 Å². The zero-order chi connectivity index (χ0) is 19.1. The fourth-order valence-corrected chi connectivity index (χ4v) is 2.90. The van der Waals surface area contributed by atoms with Gasteiger partial charge in [-0.15, -0.1) is 0 Å². The third kappa shape index (κ3) is 5.17. The monoisotopic (exact) mass is 353 g/mol. The smallest absolute Gasteiger partial charge is 0.250 e. The molecular weight excluding hydrogens is 326 g/mol. The molecule has 2 aromatic rings. The van der Waals surface area contributed by atoms with Gasteiger partial charge in [-0.25, -0.2) is 0 Å². The van der Waals surface area contributed by atoms with Crippen LogP contribution in [0.5, 0.6) is 0 Å². The number of carbonyl (C=O) groups excluding carboxylic acids is 2. The fourth-order valence-electron chi connectivity index (χ4n) is 2.90. The second-order valence-electron chi connectivity index (χ2n) is 6.66. The van der Waals surface area contributed by atoms with Crippen LogP contribution >= 0.6 is 0 Å². The molecule has 2 aromatic carbocycles. The molecule has 2 rings (SSSR count). The standard InChI is InChI=1S/C21H27N3O2/c1-4-15-9-11-16(12-10-15)20(14(2)3)23-13-19(25)24-18-8-6-5-7-17(18)21(22)26/h5-12,14,20,23H,4,13H2,1-3H3,(H2,22,26)(H,24,25). The number of anilines is 1. The van der Waals surface area contributed by atoms with Crippen molar-refractivity contribution in [2.45, 2.75) is 33.2 Å². The summed E-state index contributed by atoms with van der Waals surface area (Å²) < 4.78 is 0. The van der Waals surface area contributed by atoms with E-state index in [2.05, 4.69) is 55.7 Å². The van der Waals surface area contributed by atoms with Crippen LogP contribution in [0.1, 0.15) is 48.3 Å². The maximum absolute atomic E-state index is 12.3. The first-order valence-electron chi connectivity index (χ1n) is 8.93. The molecule has 0 saturated carbocycles. The molecule has 0 heterocycles. The Morgan fingerprint density at radius 3 is 2.27 bits per heavy atom. The Morgan fingerprint density at radius 1 is 1.04 bits per heavy atom. The lowest BCUT2D eigenvalue weighted by Crippen LogP contribution is -2.34. The second kappa shape index (κ2) is 9.15. The van der Waals surface area contributed by atoms with Crippen LogP contribution in [0.15, 0.2) is 48.5 Å².